The van der Waals surface area contributed by atoms with Gasteiger partial charge in [0.05, 0.1) is 24.2 Å². The van der Waals surface area contributed by atoms with Crippen molar-refractivity contribution in [1.29, 1.82) is 0 Å². The Morgan fingerprint density at radius 3 is 2.68 bits per heavy atom. The average Bonchev–Trinajstić information content (AvgIpc) is 3.25. The second-order valence-corrected chi connectivity index (χ2v) is 7.11. The summed E-state index contributed by atoms with van der Waals surface area (Å²) in [6, 6.07) is 4.78. The van der Waals surface area contributed by atoms with Crippen molar-refractivity contribution in [2.75, 3.05) is 0 Å². The van der Waals surface area contributed by atoms with Crippen molar-refractivity contribution in [1.82, 2.24) is 25.1 Å². The first-order chi connectivity index (χ1) is 13.3. The minimum absolute atomic E-state index is 0.0639. The number of aromatic amines is 1. The number of benzene rings is 1. The van der Waals surface area contributed by atoms with E-state index in [-0.39, 0.29) is 18.9 Å². The molecule has 1 aromatic carbocycles. The number of H-pyrrole nitrogens is 1. The summed E-state index contributed by atoms with van der Waals surface area (Å²) in [5.41, 5.74) is 0.409. The largest absolute Gasteiger partial charge is 0.416 e. The van der Waals surface area contributed by atoms with Crippen LogP contribution in [0.25, 0.3) is 10.6 Å². The number of thiazole rings is 1. The molecule has 11 heteroatoms. The Morgan fingerprint density at radius 1 is 1.32 bits per heavy atom. The molecule has 0 radical (unpaired) electrons. The summed E-state index contributed by atoms with van der Waals surface area (Å²) in [7, 11) is 0. The van der Waals surface area contributed by atoms with E-state index in [2.05, 4.69) is 20.5 Å². The summed E-state index contributed by atoms with van der Waals surface area (Å²) in [5.74, 6) is 0.394. The van der Waals surface area contributed by atoms with Crippen molar-refractivity contribution in [3.05, 3.63) is 51.5 Å². The van der Waals surface area contributed by atoms with E-state index in [0.717, 1.165) is 12.1 Å². The van der Waals surface area contributed by atoms with Crippen molar-refractivity contribution in [2.45, 2.75) is 32.6 Å². The first-order valence-electron chi connectivity index (χ1n) is 8.30. The summed E-state index contributed by atoms with van der Waals surface area (Å²) >= 11 is 6.37. The van der Waals surface area contributed by atoms with Gasteiger partial charge in [0.25, 0.3) is 0 Å². The molecule has 28 heavy (non-hydrogen) atoms. The SMILES string of the molecule is CCn1c(CNC(=O)Cc2csc(-c3ccc(C(F)(F)F)cc3)n2)n[nH]c1=S. The molecule has 1 amide bonds. The molecule has 0 bridgehead atoms. The second-order valence-electron chi connectivity index (χ2n) is 5.86. The molecule has 3 aromatic rings. The number of amides is 1. The van der Waals surface area contributed by atoms with Crippen LogP contribution in [-0.4, -0.2) is 25.7 Å². The average molecular weight is 427 g/mol. The van der Waals surface area contributed by atoms with Crippen LogP contribution in [0.3, 0.4) is 0 Å². The number of hydrogen-bond acceptors (Lipinski definition) is 5. The molecular formula is C17H16F3N5OS2. The highest BCUT2D eigenvalue weighted by Gasteiger charge is 2.30. The molecule has 148 valence electrons. The fourth-order valence-electron chi connectivity index (χ4n) is 2.54. The van der Waals surface area contributed by atoms with E-state index < -0.39 is 11.7 Å². The van der Waals surface area contributed by atoms with Gasteiger partial charge in [-0.25, -0.2) is 4.98 Å². The van der Waals surface area contributed by atoms with E-state index >= 15 is 0 Å². The highest BCUT2D eigenvalue weighted by molar-refractivity contribution is 7.71. The molecule has 2 heterocycles. The number of nitrogens with one attached hydrogen (secondary N) is 2. The topological polar surface area (TPSA) is 75.6 Å². The summed E-state index contributed by atoms with van der Waals surface area (Å²) < 4.78 is 40.2. The van der Waals surface area contributed by atoms with Crippen LogP contribution in [-0.2, 0) is 30.5 Å². The predicted molar refractivity (Wildman–Crippen MR) is 101 cm³/mol. The summed E-state index contributed by atoms with van der Waals surface area (Å²) in [6.07, 6.45) is -4.31. The normalized spacial score (nSPS) is 11.6. The molecule has 3 rings (SSSR count). The summed E-state index contributed by atoms with van der Waals surface area (Å²) in [5, 5.41) is 11.8. The number of halogens is 3. The number of hydrogen-bond donors (Lipinski definition) is 2. The molecule has 0 spiro atoms. The zero-order valence-corrected chi connectivity index (χ0v) is 16.3. The van der Waals surface area contributed by atoms with E-state index in [1.54, 1.807) is 9.95 Å². The summed E-state index contributed by atoms with van der Waals surface area (Å²) in [6.45, 7) is 2.80. The fourth-order valence-corrected chi connectivity index (χ4v) is 3.64. The van der Waals surface area contributed by atoms with Gasteiger partial charge in [-0.05, 0) is 31.3 Å². The van der Waals surface area contributed by atoms with E-state index in [4.69, 9.17) is 12.2 Å². The lowest BCUT2D eigenvalue weighted by Crippen LogP contribution is -2.26. The molecule has 0 saturated heterocycles. The number of carbonyl (C=O) groups is 1. The van der Waals surface area contributed by atoms with E-state index in [9.17, 15) is 18.0 Å². The molecule has 0 aliphatic carbocycles. The molecule has 0 saturated carbocycles. The molecular weight excluding hydrogens is 411 g/mol. The Kier molecular flexibility index (Phi) is 5.94. The Labute approximate surface area is 167 Å². The zero-order chi connectivity index (χ0) is 20.3. The van der Waals surface area contributed by atoms with Crippen LogP contribution in [0, 0.1) is 4.77 Å². The third kappa shape index (κ3) is 4.65. The molecule has 0 atom stereocenters. The predicted octanol–water partition coefficient (Wildman–Crippen LogP) is 3.96. The van der Waals surface area contributed by atoms with Crippen LogP contribution < -0.4 is 5.32 Å². The Hall–Kier alpha value is -2.53. The summed E-state index contributed by atoms with van der Waals surface area (Å²) in [4.78, 5) is 16.5. The lowest BCUT2D eigenvalue weighted by molar-refractivity contribution is -0.137. The lowest BCUT2D eigenvalue weighted by atomic mass is 10.1. The molecule has 0 unspecified atom stereocenters. The van der Waals surface area contributed by atoms with Crippen LogP contribution in [0.2, 0.25) is 0 Å². The standard InChI is InChI=1S/C17H16F3N5OS2/c1-2-25-13(23-24-16(25)27)8-21-14(26)7-12-9-28-15(22-12)10-3-5-11(6-4-10)17(18,19)20/h3-6,9H,2,7-8H2,1H3,(H,21,26)(H,24,27). The van der Waals surface area contributed by atoms with Crippen LogP contribution in [0.5, 0.6) is 0 Å². The first kappa shape index (κ1) is 20.2. The van der Waals surface area contributed by atoms with Gasteiger partial charge in [-0.3, -0.25) is 9.89 Å². The van der Waals surface area contributed by atoms with Gasteiger partial charge in [0.2, 0.25) is 5.91 Å². The minimum Gasteiger partial charge on any atom is -0.348 e. The maximum atomic E-state index is 12.6. The van der Waals surface area contributed by atoms with Crippen molar-refractivity contribution < 1.29 is 18.0 Å². The van der Waals surface area contributed by atoms with Crippen molar-refractivity contribution in [3.63, 3.8) is 0 Å². The van der Waals surface area contributed by atoms with Gasteiger partial charge in [0.1, 0.15) is 5.01 Å². The molecule has 2 N–H and O–H groups in total. The van der Waals surface area contributed by atoms with Gasteiger partial charge in [0.15, 0.2) is 10.6 Å². The quantitative estimate of drug-likeness (QED) is 0.584. The van der Waals surface area contributed by atoms with Crippen LogP contribution in [0.4, 0.5) is 13.2 Å². The number of alkyl halides is 3. The van der Waals surface area contributed by atoms with Crippen LogP contribution >= 0.6 is 23.6 Å². The van der Waals surface area contributed by atoms with Crippen molar-refractivity contribution in [3.8, 4) is 10.6 Å². The molecule has 0 aliphatic heterocycles. The molecule has 6 nitrogen and oxygen atoms in total. The maximum absolute atomic E-state index is 12.6. The highest BCUT2D eigenvalue weighted by atomic mass is 32.1. The zero-order valence-electron chi connectivity index (χ0n) is 14.7. The molecule has 0 fully saturated rings. The highest BCUT2D eigenvalue weighted by Crippen LogP contribution is 2.31. The lowest BCUT2D eigenvalue weighted by Gasteiger charge is -2.06. The number of aromatic nitrogens is 4. The van der Waals surface area contributed by atoms with Gasteiger partial charge >= 0.3 is 6.18 Å². The third-order valence-corrected chi connectivity index (χ3v) is 5.20. The van der Waals surface area contributed by atoms with E-state index in [1.807, 2.05) is 6.92 Å². The van der Waals surface area contributed by atoms with E-state index in [0.29, 0.717) is 33.4 Å². The van der Waals surface area contributed by atoms with Crippen molar-refractivity contribution in [2.24, 2.45) is 0 Å². The second kappa shape index (κ2) is 8.23. The van der Waals surface area contributed by atoms with Gasteiger partial charge in [-0.15, -0.1) is 11.3 Å². The molecule has 2 aromatic heterocycles. The van der Waals surface area contributed by atoms with Gasteiger partial charge in [-0.2, -0.15) is 18.3 Å². The van der Waals surface area contributed by atoms with Gasteiger partial charge in [0, 0.05) is 17.5 Å². The maximum Gasteiger partial charge on any atom is 0.416 e. The minimum atomic E-state index is -4.37. The number of rotatable bonds is 6. The first-order valence-corrected chi connectivity index (χ1v) is 9.59. The van der Waals surface area contributed by atoms with E-state index in [1.165, 1.54) is 23.5 Å². The van der Waals surface area contributed by atoms with Gasteiger partial charge < -0.3 is 9.88 Å². The van der Waals surface area contributed by atoms with Crippen molar-refractivity contribution >= 4 is 29.5 Å². The van der Waals surface area contributed by atoms with Gasteiger partial charge in [-0.1, -0.05) is 12.1 Å². The Balaban J connectivity index is 1.61. The number of carbonyl (C=O) groups excluding carboxylic acids is 1. The monoisotopic (exact) mass is 427 g/mol. The van der Waals surface area contributed by atoms with Crippen LogP contribution in [0.1, 0.15) is 24.0 Å². The Morgan fingerprint density at radius 2 is 2.04 bits per heavy atom. The Bertz CT molecular complexity index is 1020. The molecule has 0 aliphatic rings. The van der Waals surface area contributed by atoms with Crippen LogP contribution in [0.15, 0.2) is 29.6 Å². The fraction of sp³-hybridized carbons (Fsp3) is 0.294. The number of nitrogens with zero attached hydrogens (tertiary/aromatic N) is 3. The third-order valence-electron chi connectivity index (χ3n) is 3.95. The smallest absolute Gasteiger partial charge is 0.348 e.